The van der Waals surface area contributed by atoms with Crippen molar-refractivity contribution in [3.63, 3.8) is 0 Å². The van der Waals surface area contributed by atoms with Gasteiger partial charge in [0.05, 0.1) is 11.6 Å². The number of benzene rings is 1. The number of anilines is 1. The average Bonchev–Trinajstić information content (AvgIpc) is 2.17. The molecule has 0 saturated heterocycles. The van der Waals surface area contributed by atoms with E-state index in [2.05, 4.69) is 5.32 Å². The maximum absolute atomic E-state index is 12.4. The predicted octanol–water partition coefficient (Wildman–Crippen LogP) is 1.53. The number of fused-ring (bicyclic) bond motifs is 1. The topological polar surface area (TPSA) is 55.1 Å². The zero-order chi connectivity index (χ0) is 11.9. The minimum atomic E-state index is -4.40. The van der Waals surface area contributed by atoms with E-state index in [0.29, 0.717) is 5.56 Å². The number of amides is 1. The summed E-state index contributed by atoms with van der Waals surface area (Å²) in [7, 11) is 0. The Labute approximate surface area is 89.4 Å². The zero-order valence-corrected chi connectivity index (χ0v) is 8.14. The summed E-state index contributed by atoms with van der Waals surface area (Å²) < 4.78 is 37.2. The molecule has 1 atom stereocenters. The van der Waals surface area contributed by atoms with Crippen molar-refractivity contribution in [1.29, 1.82) is 0 Å². The van der Waals surface area contributed by atoms with Crippen molar-refractivity contribution < 1.29 is 18.0 Å². The smallest absolute Gasteiger partial charge is 0.324 e. The molecule has 2 rings (SSSR count). The van der Waals surface area contributed by atoms with Crippen LogP contribution >= 0.6 is 0 Å². The number of halogens is 3. The highest BCUT2D eigenvalue weighted by Gasteiger charge is 2.32. The van der Waals surface area contributed by atoms with Gasteiger partial charge in [-0.2, -0.15) is 13.2 Å². The molecule has 6 heteroatoms. The largest absolute Gasteiger partial charge is 0.416 e. The van der Waals surface area contributed by atoms with Gasteiger partial charge in [0.25, 0.3) is 0 Å². The molecule has 0 aliphatic carbocycles. The van der Waals surface area contributed by atoms with Gasteiger partial charge < -0.3 is 11.1 Å². The fraction of sp³-hybridized carbons (Fsp3) is 0.300. The lowest BCUT2D eigenvalue weighted by Crippen LogP contribution is -2.41. The van der Waals surface area contributed by atoms with E-state index in [1.54, 1.807) is 0 Å². The summed E-state index contributed by atoms with van der Waals surface area (Å²) >= 11 is 0. The van der Waals surface area contributed by atoms with Crippen LogP contribution < -0.4 is 11.1 Å². The lowest BCUT2D eigenvalue weighted by atomic mass is 9.98. The number of rotatable bonds is 0. The van der Waals surface area contributed by atoms with Gasteiger partial charge >= 0.3 is 6.18 Å². The zero-order valence-electron chi connectivity index (χ0n) is 8.14. The van der Waals surface area contributed by atoms with Crippen molar-refractivity contribution in [3.8, 4) is 0 Å². The quantitative estimate of drug-likeness (QED) is 0.710. The summed E-state index contributed by atoms with van der Waals surface area (Å²) in [6, 6.07) is 2.57. The predicted molar refractivity (Wildman–Crippen MR) is 51.8 cm³/mol. The van der Waals surface area contributed by atoms with Crippen LogP contribution in [0.1, 0.15) is 11.1 Å². The SMILES string of the molecule is NC1Cc2ccc(C(F)(F)F)cc2NC1=O. The fourth-order valence-corrected chi connectivity index (χ4v) is 1.60. The maximum atomic E-state index is 12.4. The van der Waals surface area contributed by atoms with Crippen LogP contribution in [0.5, 0.6) is 0 Å². The molecule has 1 aromatic carbocycles. The molecule has 1 heterocycles. The molecule has 0 aromatic heterocycles. The molecule has 1 aromatic rings. The number of nitrogens with one attached hydrogen (secondary N) is 1. The molecule has 0 radical (unpaired) electrons. The second-order valence-corrected chi connectivity index (χ2v) is 3.67. The Bertz CT molecular complexity index is 442. The molecular weight excluding hydrogens is 221 g/mol. The minimum absolute atomic E-state index is 0.196. The van der Waals surface area contributed by atoms with Gasteiger partial charge in [0, 0.05) is 5.69 Å². The Balaban J connectivity index is 2.40. The molecule has 1 aliphatic rings. The summed E-state index contributed by atoms with van der Waals surface area (Å²) in [5, 5.41) is 2.36. The van der Waals surface area contributed by atoms with Crippen molar-refractivity contribution in [2.75, 3.05) is 5.32 Å². The van der Waals surface area contributed by atoms with Crippen LogP contribution in [0.2, 0.25) is 0 Å². The summed E-state index contributed by atoms with van der Waals surface area (Å²) in [6.45, 7) is 0. The molecule has 0 saturated carbocycles. The normalized spacial score (nSPS) is 20.2. The van der Waals surface area contributed by atoms with E-state index in [0.717, 1.165) is 12.1 Å². The first kappa shape index (κ1) is 10.9. The van der Waals surface area contributed by atoms with E-state index >= 15 is 0 Å². The Morgan fingerprint density at radius 3 is 2.69 bits per heavy atom. The van der Waals surface area contributed by atoms with E-state index in [1.807, 2.05) is 0 Å². The van der Waals surface area contributed by atoms with Crippen LogP contribution in [0.25, 0.3) is 0 Å². The first-order valence-electron chi connectivity index (χ1n) is 4.64. The van der Waals surface area contributed by atoms with Gasteiger partial charge in [0.2, 0.25) is 5.91 Å². The molecule has 1 amide bonds. The molecule has 1 unspecified atom stereocenters. The highest BCUT2D eigenvalue weighted by Crippen LogP contribution is 2.33. The van der Waals surface area contributed by atoms with Crippen molar-refractivity contribution in [2.24, 2.45) is 5.73 Å². The van der Waals surface area contributed by atoms with E-state index in [-0.39, 0.29) is 12.1 Å². The summed E-state index contributed by atoms with van der Waals surface area (Å²) in [6.07, 6.45) is -4.14. The first-order valence-corrected chi connectivity index (χ1v) is 4.64. The summed E-state index contributed by atoms with van der Waals surface area (Å²) in [4.78, 5) is 11.2. The fourth-order valence-electron chi connectivity index (χ4n) is 1.60. The molecule has 86 valence electrons. The highest BCUT2D eigenvalue weighted by atomic mass is 19.4. The molecule has 0 bridgehead atoms. The van der Waals surface area contributed by atoms with Crippen LogP contribution in [0.4, 0.5) is 18.9 Å². The van der Waals surface area contributed by atoms with E-state index in [9.17, 15) is 18.0 Å². The highest BCUT2D eigenvalue weighted by molar-refractivity contribution is 5.97. The molecule has 3 nitrogen and oxygen atoms in total. The van der Waals surface area contributed by atoms with Gasteiger partial charge in [0.1, 0.15) is 0 Å². The molecule has 3 N–H and O–H groups in total. The van der Waals surface area contributed by atoms with Gasteiger partial charge in [-0.1, -0.05) is 6.07 Å². The van der Waals surface area contributed by atoms with Crippen molar-refractivity contribution >= 4 is 11.6 Å². The van der Waals surface area contributed by atoms with Crippen LogP contribution in [0.15, 0.2) is 18.2 Å². The summed E-state index contributed by atoms with van der Waals surface area (Å²) in [5.41, 5.74) is 5.53. The lowest BCUT2D eigenvalue weighted by Gasteiger charge is -2.22. The third kappa shape index (κ3) is 1.88. The van der Waals surface area contributed by atoms with Crippen LogP contribution in [-0.2, 0) is 17.4 Å². The van der Waals surface area contributed by atoms with Gasteiger partial charge in [-0.3, -0.25) is 4.79 Å². The number of hydrogen-bond acceptors (Lipinski definition) is 2. The lowest BCUT2D eigenvalue weighted by molar-refractivity contribution is -0.137. The van der Waals surface area contributed by atoms with Crippen molar-refractivity contribution in [2.45, 2.75) is 18.6 Å². The van der Waals surface area contributed by atoms with Gasteiger partial charge in [-0.15, -0.1) is 0 Å². The standard InChI is InChI=1S/C10H9F3N2O/c11-10(12,13)6-2-1-5-3-7(14)9(16)15-8(5)4-6/h1-2,4,7H,3,14H2,(H,15,16). The molecule has 0 spiro atoms. The second-order valence-electron chi connectivity index (χ2n) is 3.67. The summed E-state index contributed by atoms with van der Waals surface area (Å²) in [5.74, 6) is -0.452. The Kier molecular flexibility index (Phi) is 2.38. The maximum Gasteiger partial charge on any atom is 0.416 e. The van der Waals surface area contributed by atoms with E-state index in [4.69, 9.17) is 5.73 Å². The van der Waals surface area contributed by atoms with Gasteiger partial charge in [-0.05, 0) is 24.1 Å². The monoisotopic (exact) mass is 230 g/mol. The Hall–Kier alpha value is -1.56. The van der Waals surface area contributed by atoms with Gasteiger partial charge in [0.15, 0.2) is 0 Å². The number of hydrogen-bond donors (Lipinski definition) is 2. The number of nitrogens with two attached hydrogens (primary N) is 1. The minimum Gasteiger partial charge on any atom is -0.324 e. The van der Waals surface area contributed by atoms with Crippen molar-refractivity contribution in [3.05, 3.63) is 29.3 Å². The third-order valence-corrected chi connectivity index (χ3v) is 2.47. The second kappa shape index (κ2) is 3.48. The van der Waals surface area contributed by atoms with Crippen LogP contribution in [0, 0.1) is 0 Å². The first-order chi connectivity index (χ1) is 7.38. The third-order valence-electron chi connectivity index (χ3n) is 2.47. The Morgan fingerprint density at radius 2 is 2.06 bits per heavy atom. The average molecular weight is 230 g/mol. The van der Waals surface area contributed by atoms with E-state index in [1.165, 1.54) is 6.07 Å². The molecule has 1 aliphatic heterocycles. The van der Waals surface area contributed by atoms with Crippen LogP contribution in [0.3, 0.4) is 0 Å². The number of carbonyl (C=O) groups excluding carboxylic acids is 1. The Morgan fingerprint density at radius 1 is 1.38 bits per heavy atom. The van der Waals surface area contributed by atoms with Crippen molar-refractivity contribution in [1.82, 2.24) is 0 Å². The number of alkyl halides is 3. The molecule has 16 heavy (non-hydrogen) atoms. The van der Waals surface area contributed by atoms with E-state index < -0.39 is 23.7 Å². The van der Waals surface area contributed by atoms with Gasteiger partial charge in [-0.25, -0.2) is 0 Å². The molecular formula is C10H9F3N2O. The molecule has 0 fully saturated rings. The number of carbonyl (C=O) groups is 1. The van der Waals surface area contributed by atoms with Crippen LogP contribution in [-0.4, -0.2) is 11.9 Å².